The first-order valence-corrected chi connectivity index (χ1v) is 13.2. The molecule has 0 unspecified atom stereocenters. The average molecular weight is 554 g/mol. The van der Waals surface area contributed by atoms with Crippen LogP contribution in [0.25, 0.3) is 0 Å². The van der Waals surface area contributed by atoms with Crippen LogP contribution in [0.5, 0.6) is 0 Å². The first kappa shape index (κ1) is 33.5. The lowest BCUT2D eigenvalue weighted by atomic mass is 10.0. The van der Waals surface area contributed by atoms with Crippen molar-refractivity contribution in [2.75, 3.05) is 45.9 Å². The van der Waals surface area contributed by atoms with Gasteiger partial charge in [0, 0.05) is 63.8 Å². The Labute approximate surface area is 229 Å². The number of carbonyl (C=O) groups is 6. The molecule has 0 aliphatic carbocycles. The number of hydrogen-bond acceptors (Lipinski definition) is 8. The first-order chi connectivity index (χ1) is 18.5. The van der Waals surface area contributed by atoms with Gasteiger partial charge in [-0.15, -0.1) is 0 Å². The van der Waals surface area contributed by atoms with Crippen molar-refractivity contribution in [2.24, 2.45) is 11.7 Å². The topological polar surface area (TPSA) is 201 Å². The quantitative estimate of drug-likeness (QED) is 0.0773. The summed E-state index contributed by atoms with van der Waals surface area (Å²) in [5.74, 6) is -1.44. The second kappa shape index (κ2) is 18.7. The van der Waals surface area contributed by atoms with Crippen molar-refractivity contribution in [3.8, 4) is 0 Å². The number of carbonyl (C=O) groups excluding carboxylic acids is 6. The van der Waals surface area contributed by atoms with Gasteiger partial charge in [0.15, 0.2) is 0 Å². The predicted octanol–water partition coefficient (Wildman–Crippen LogP) is -1.49. The van der Waals surface area contributed by atoms with Gasteiger partial charge >= 0.3 is 6.03 Å². The molecule has 0 spiro atoms. The summed E-state index contributed by atoms with van der Waals surface area (Å²) in [7, 11) is 0. The summed E-state index contributed by atoms with van der Waals surface area (Å²) in [5.41, 5.74) is 5.03. The van der Waals surface area contributed by atoms with Gasteiger partial charge in [0.25, 0.3) is 11.8 Å². The van der Waals surface area contributed by atoms with E-state index in [0.717, 1.165) is 4.90 Å². The number of imide groups is 1. The second-order valence-electron chi connectivity index (χ2n) is 9.49. The Morgan fingerprint density at radius 1 is 0.872 bits per heavy atom. The summed E-state index contributed by atoms with van der Waals surface area (Å²) in [4.78, 5) is 71.0. The zero-order valence-corrected chi connectivity index (χ0v) is 23.0. The summed E-state index contributed by atoms with van der Waals surface area (Å²) in [6.07, 6.45) is 3.88. The maximum Gasteiger partial charge on any atom is 0.312 e. The summed E-state index contributed by atoms with van der Waals surface area (Å²) < 4.78 is 5.36. The molecule has 14 nitrogen and oxygen atoms in total. The molecular formula is C25H43N7O7. The van der Waals surface area contributed by atoms with E-state index in [1.165, 1.54) is 12.2 Å². The van der Waals surface area contributed by atoms with Crippen LogP contribution in [0, 0.1) is 5.92 Å². The van der Waals surface area contributed by atoms with Gasteiger partial charge in [0.1, 0.15) is 0 Å². The minimum Gasteiger partial charge on any atom is -0.379 e. The molecule has 220 valence electrons. The Morgan fingerprint density at radius 2 is 1.51 bits per heavy atom. The summed E-state index contributed by atoms with van der Waals surface area (Å²) in [5, 5.41) is 14.1. The summed E-state index contributed by atoms with van der Waals surface area (Å²) >= 11 is 0. The number of amides is 7. The largest absolute Gasteiger partial charge is 0.379 e. The number of nitrogens with two attached hydrogens (primary N) is 1. The van der Waals surface area contributed by atoms with E-state index in [4.69, 9.17) is 10.5 Å². The molecule has 0 bridgehead atoms. The van der Waals surface area contributed by atoms with Crippen molar-refractivity contribution in [3.63, 3.8) is 0 Å². The molecule has 1 heterocycles. The van der Waals surface area contributed by atoms with E-state index in [1.807, 2.05) is 20.8 Å². The fourth-order valence-electron chi connectivity index (χ4n) is 3.66. The lowest BCUT2D eigenvalue weighted by molar-refractivity contribution is -0.137. The smallest absolute Gasteiger partial charge is 0.312 e. The maximum atomic E-state index is 12.6. The molecule has 0 aromatic carbocycles. The maximum absolute atomic E-state index is 12.6. The SMILES string of the molecule is CC(C)[C@H](NCCNC(=O)CCOCCNC(=O)CCN1C(=O)C=CC1=O)C(=O)N[C@H](C)CCCNC(N)=O. The van der Waals surface area contributed by atoms with Gasteiger partial charge in [-0.25, -0.2) is 4.79 Å². The molecule has 0 aromatic heterocycles. The van der Waals surface area contributed by atoms with Crippen molar-refractivity contribution in [1.82, 2.24) is 31.5 Å². The highest BCUT2D eigenvalue weighted by atomic mass is 16.5. The molecule has 14 heteroatoms. The monoisotopic (exact) mass is 553 g/mol. The molecule has 0 saturated carbocycles. The highest BCUT2D eigenvalue weighted by molar-refractivity contribution is 6.13. The lowest BCUT2D eigenvalue weighted by Gasteiger charge is -2.24. The summed E-state index contributed by atoms with van der Waals surface area (Å²) in [6.45, 7) is 7.64. The molecule has 0 fully saturated rings. The van der Waals surface area contributed by atoms with E-state index < -0.39 is 23.9 Å². The first-order valence-electron chi connectivity index (χ1n) is 13.2. The molecule has 1 rings (SSSR count). The normalized spacial score (nSPS) is 14.3. The van der Waals surface area contributed by atoms with Gasteiger partial charge < -0.3 is 37.1 Å². The van der Waals surface area contributed by atoms with E-state index in [2.05, 4.69) is 26.6 Å². The molecule has 2 atom stereocenters. The molecule has 1 aliphatic rings. The van der Waals surface area contributed by atoms with Crippen LogP contribution in [0.3, 0.4) is 0 Å². The Kier molecular flexibility index (Phi) is 16.1. The predicted molar refractivity (Wildman–Crippen MR) is 143 cm³/mol. The molecule has 7 amide bonds. The van der Waals surface area contributed by atoms with Gasteiger partial charge in [-0.1, -0.05) is 13.8 Å². The van der Waals surface area contributed by atoms with Gasteiger partial charge in [0.05, 0.1) is 19.3 Å². The van der Waals surface area contributed by atoms with Crippen LogP contribution in [0.4, 0.5) is 4.79 Å². The standard InChI is InChI=1S/C25H43N7O7/c1-17(2)23(24(37)31-18(3)5-4-10-30-25(26)38)29-12-11-27-20(34)9-15-39-16-13-28-19(33)8-14-32-21(35)6-7-22(32)36/h6-7,17-18,23,29H,4-5,8-16H2,1-3H3,(H,27,34)(H,28,33)(H,31,37)(H3,26,30,38)/t18-,23+/m1/s1. The zero-order chi connectivity index (χ0) is 29.2. The van der Waals surface area contributed by atoms with Gasteiger partial charge in [-0.05, 0) is 25.7 Å². The number of nitrogens with one attached hydrogen (secondary N) is 5. The van der Waals surface area contributed by atoms with E-state index in [1.54, 1.807) is 0 Å². The van der Waals surface area contributed by atoms with Gasteiger partial charge in [0.2, 0.25) is 17.7 Å². The Hall–Kier alpha value is -3.52. The molecule has 7 N–H and O–H groups in total. The fourth-order valence-corrected chi connectivity index (χ4v) is 3.66. The third kappa shape index (κ3) is 14.9. The fraction of sp³-hybridized carbons (Fsp3) is 0.680. The molecule has 0 saturated heterocycles. The third-order valence-electron chi connectivity index (χ3n) is 5.77. The summed E-state index contributed by atoms with van der Waals surface area (Å²) in [6, 6.07) is -1.05. The van der Waals surface area contributed by atoms with Crippen molar-refractivity contribution in [3.05, 3.63) is 12.2 Å². The second-order valence-corrected chi connectivity index (χ2v) is 9.49. The Morgan fingerprint density at radius 3 is 2.15 bits per heavy atom. The number of urea groups is 1. The van der Waals surface area contributed by atoms with Crippen LogP contribution >= 0.6 is 0 Å². The van der Waals surface area contributed by atoms with E-state index >= 15 is 0 Å². The van der Waals surface area contributed by atoms with Crippen LogP contribution in [0.2, 0.25) is 0 Å². The van der Waals surface area contributed by atoms with Crippen molar-refractivity contribution >= 4 is 35.6 Å². The minimum absolute atomic E-state index is 0.00404. The van der Waals surface area contributed by atoms with E-state index in [9.17, 15) is 28.8 Å². The third-order valence-corrected chi connectivity index (χ3v) is 5.77. The van der Waals surface area contributed by atoms with Crippen LogP contribution < -0.4 is 32.3 Å². The van der Waals surface area contributed by atoms with Crippen molar-refractivity contribution in [2.45, 2.75) is 58.5 Å². The van der Waals surface area contributed by atoms with Gasteiger partial charge in [-0.3, -0.25) is 28.9 Å². The Bertz CT molecular complexity index is 861. The lowest BCUT2D eigenvalue weighted by Crippen LogP contribution is -2.51. The van der Waals surface area contributed by atoms with Crippen LogP contribution in [-0.4, -0.2) is 98.5 Å². The number of nitrogens with zero attached hydrogens (tertiary/aromatic N) is 1. The van der Waals surface area contributed by atoms with E-state index in [0.29, 0.717) is 32.5 Å². The van der Waals surface area contributed by atoms with E-state index in [-0.39, 0.29) is 68.8 Å². The number of hydrogen-bond donors (Lipinski definition) is 6. The molecular weight excluding hydrogens is 510 g/mol. The number of rotatable bonds is 20. The minimum atomic E-state index is -0.569. The van der Waals surface area contributed by atoms with Crippen LogP contribution in [0.1, 0.15) is 46.5 Å². The number of primary amides is 1. The van der Waals surface area contributed by atoms with Crippen molar-refractivity contribution < 1.29 is 33.5 Å². The van der Waals surface area contributed by atoms with Crippen molar-refractivity contribution in [1.29, 1.82) is 0 Å². The highest BCUT2D eigenvalue weighted by Crippen LogP contribution is 2.05. The molecule has 0 radical (unpaired) electrons. The average Bonchev–Trinajstić information content (AvgIpc) is 3.18. The zero-order valence-electron chi connectivity index (χ0n) is 23.0. The molecule has 39 heavy (non-hydrogen) atoms. The van der Waals surface area contributed by atoms with Gasteiger partial charge in [-0.2, -0.15) is 0 Å². The van der Waals surface area contributed by atoms with Crippen LogP contribution in [-0.2, 0) is 28.7 Å². The molecule has 1 aliphatic heterocycles. The Balaban J connectivity index is 2.10. The highest BCUT2D eigenvalue weighted by Gasteiger charge is 2.24. The molecule has 0 aromatic rings. The van der Waals surface area contributed by atoms with Crippen LogP contribution in [0.15, 0.2) is 12.2 Å². The number of ether oxygens (including phenoxy) is 1.